The molecule has 2 aromatic carbocycles. The number of anilines is 1. The van der Waals surface area contributed by atoms with Crippen LogP contribution in [0.25, 0.3) is 0 Å². The van der Waals surface area contributed by atoms with Gasteiger partial charge in [0.2, 0.25) is 18.6 Å². The molecule has 6 heteroatoms. The summed E-state index contributed by atoms with van der Waals surface area (Å²) in [4.78, 5) is 26.5. The van der Waals surface area contributed by atoms with E-state index in [2.05, 4.69) is 19.2 Å². The van der Waals surface area contributed by atoms with Crippen LogP contribution in [0.2, 0.25) is 0 Å². The SMILES string of the molecule is CCc1cccc(CC)c1N(CCC(=O)NCc1ccc2c(c1)OCO2)C(C)=O. The normalized spacial score (nSPS) is 12.0. The van der Waals surface area contributed by atoms with Crippen molar-refractivity contribution in [3.8, 4) is 11.5 Å². The maximum Gasteiger partial charge on any atom is 0.231 e. The third-order valence-electron chi connectivity index (χ3n) is 5.10. The Labute approximate surface area is 171 Å². The van der Waals surface area contributed by atoms with Gasteiger partial charge in [0.1, 0.15) is 0 Å². The average Bonchev–Trinajstić information content (AvgIpc) is 3.20. The minimum atomic E-state index is -0.0963. The summed E-state index contributed by atoms with van der Waals surface area (Å²) in [7, 11) is 0. The van der Waals surface area contributed by atoms with Crippen molar-refractivity contribution in [3.05, 3.63) is 53.1 Å². The van der Waals surface area contributed by atoms with Crippen LogP contribution in [-0.2, 0) is 29.0 Å². The predicted molar refractivity (Wildman–Crippen MR) is 112 cm³/mol. The van der Waals surface area contributed by atoms with E-state index in [1.54, 1.807) is 11.8 Å². The molecule has 1 aliphatic heterocycles. The zero-order valence-corrected chi connectivity index (χ0v) is 17.3. The van der Waals surface area contributed by atoms with Gasteiger partial charge in [-0.2, -0.15) is 0 Å². The third kappa shape index (κ3) is 4.88. The Kier molecular flexibility index (Phi) is 6.75. The highest BCUT2D eigenvalue weighted by Gasteiger charge is 2.19. The molecule has 1 aliphatic rings. The largest absolute Gasteiger partial charge is 0.454 e. The molecule has 0 atom stereocenters. The van der Waals surface area contributed by atoms with Crippen LogP contribution in [-0.4, -0.2) is 25.2 Å². The zero-order valence-electron chi connectivity index (χ0n) is 17.3. The zero-order chi connectivity index (χ0) is 20.8. The van der Waals surface area contributed by atoms with Gasteiger partial charge in [0.15, 0.2) is 11.5 Å². The quantitative estimate of drug-likeness (QED) is 0.740. The number of hydrogen-bond donors (Lipinski definition) is 1. The van der Waals surface area contributed by atoms with Crippen LogP contribution in [0.4, 0.5) is 5.69 Å². The first-order valence-electron chi connectivity index (χ1n) is 10.1. The molecule has 0 aliphatic carbocycles. The summed E-state index contributed by atoms with van der Waals surface area (Å²) in [6.07, 6.45) is 1.91. The van der Waals surface area contributed by atoms with E-state index in [0.717, 1.165) is 41.0 Å². The Bertz CT molecular complexity index is 872. The predicted octanol–water partition coefficient (Wildman–Crippen LogP) is 3.60. The second kappa shape index (κ2) is 9.45. The van der Waals surface area contributed by atoms with E-state index in [1.807, 2.05) is 36.4 Å². The van der Waals surface area contributed by atoms with Crippen molar-refractivity contribution < 1.29 is 19.1 Å². The van der Waals surface area contributed by atoms with Crippen molar-refractivity contribution in [2.24, 2.45) is 0 Å². The van der Waals surface area contributed by atoms with Crippen molar-refractivity contribution in [1.82, 2.24) is 5.32 Å². The Morgan fingerprint density at radius 1 is 1.03 bits per heavy atom. The molecule has 0 unspecified atom stereocenters. The number of aryl methyl sites for hydroxylation is 2. The van der Waals surface area contributed by atoms with Gasteiger partial charge < -0.3 is 19.7 Å². The number of carbonyl (C=O) groups is 2. The molecule has 3 rings (SSSR count). The summed E-state index contributed by atoms with van der Waals surface area (Å²) in [5.41, 5.74) is 4.14. The van der Waals surface area contributed by atoms with Gasteiger partial charge in [-0.3, -0.25) is 9.59 Å². The lowest BCUT2D eigenvalue weighted by Crippen LogP contribution is -2.35. The second-order valence-electron chi connectivity index (χ2n) is 7.02. The molecule has 0 saturated heterocycles. The summed E-state index contributed by atoms with van der Waals surface area (Å²) in [6, 6.07) is 11.7. The number of hydrogen-bond acceptors (Lipinski definition) is 4. The molecule has 154 valence electrons. The maximum absolute atomic E-state index is 12.4. The van der Waals surface area contributed by atoms with E-state index < -0.39 is 0 Å². The van der Waals surface area contributed by atoms with Crippen LogP contribution >= 0.6 is 0 Å². The van der Waals surface area contributed by atoms with Gasteiger partial charge in [0.25, 0.3) is 0 Å². The second-order valence-corrected chi connectivity index (χ2v) is 7.02. The number of ether oxygens (including phenoxy) is 2. The van der Waals surface area contributed by atoms with E-state index in [-0.39, 0.29) is 25.0 Å². The first-order chi connectivity index (χ1) is 14.0. The maximum atomic E-state index is 12.4. The smallest absolute Gasteiger partial charge is 0.231 e. The molecule has 2 aromatic rings. The number of amides is 2. The molecule has 2 amide bonds. The number of carbonyl (C=O) groups excluding carboxylic acids is 2. The lowest BCUT2D eigenvalue weighted by Gasteiger charge is -2.26. The molecule has 6 nitrogen and oxygen atoms in total. The summed E-state index contributed by atoms with van der Waals surface area (Å²) in [5, 5.41) is 2.92. The summed E-state index contributed by atoms with van der Waals surface area (Å²) in [6.45, 7) is 6.69. The van der Waals surface area contributed by atoms with Gasteiger partial charge in [0, 0.05) is 32.1 Å². The number of nitrogens with zero attached hydrogens (tertiary/aromatic N) is 1. The van der Waals surface area contributed by atoms with Gasteiger partial charge in [0.05, 0.1) is 0 Å². The van der Waals surface area contributed by atoms with Crippen LogP contribution in [0.3, 0.4) is 0 Å². The summed E-state index contributed by atoms with van der Waals surface area (Å²) in [5.74, 6) is 1.27. The molecule has 0 radical (unpaired) electrons. The number of para-hydroxylation sites is 1. The Balaban J connectivity index is 1.62. The van der Waals surface area contributed by atoms with E-state index in [4.69, 9.17) is 9.47 Å². The number of rotatable bonds is 8. The van der Waals surface area contributed by atoms with Crippen LogP contribution in [0.15, 0.2) is 36.4 Å². The minimum absolute atomic E-state index is 0.0517. The number of nitrogens with one attached hydrogen (secondary N) is 1. The van der Waals surface area contributed by atoms with Gasteiger partial charge in [-0.05, 0) is 41.7 Å². The van der Waals surface area contributed by atoms with Crippen molar-refractivity contribution >= 4 is 17.5 Å². The summed E-state index contributed by atoms with van der Waals surface area (Å²) < 4.78 is 10.7. The molecule has 0 spiro atoms. The Hall–Kier alpha value is -3.02. The van der Waals surface area contributed by atoms with Crippen molar-refractivity contribution in [3.63, 3.8) is 0 Å². The Morgan fingerprint density at radius 3 is 2.38 bits per heavy atom. The first-order valence-corrected chi connectivity index (χ1v) is 10.1. The van der Waals surface area contributed by atoms with E-state index in [1.165, 1.54) is 0 Å². The minimum Gasteiger partial charge on any atom is -0.454 e. The van der Waals surface area contributed by atoms with Crippen LogP contribution < -0.4 is 19.7 Å². The summed E-state index contributed by atoms with van der Waals surface area (Å²) >= 11 is 0. The number of benzene rings is 2. The lowest BCUT2D eigenvalue weighted by molar-refractivity contribution is -0.121. The standard InChI is InChI=1S/C23H28N2O4/c1-4-18-7-6-8-19(5-2)23(18)25(16(3)26)12-11-22(27)24-14-17-9-10-20-21(13-17)29-15-28-20/h6-10,13H,4-5,11-12,14-15H2,1-3H3,(H,24,27). The third-order valence-corrected chi connectivity index (χ3v) is 5.10. The van der Waals surface area contributed by atoms with E-state index in [0.29, 0.717) is 18.8 Å². The molecule has 1 N–H and O–H groups in total. The van der Waals surface area contributed by atoms with Crippen molar-refractivity contribution in [1.29, 1.82) is 0 Å². The van der Waals surface area contributed by atoms with Gasteiger partial charge in [-0.1, -0.05) is 38.1 Å². The highest BCUT2D eigenvalue weighted by Crippen LogP contribution is 2.32. The van der Waals surface area contributed by atoms with Crippen LogP contribution in [0.5, 0.6) is 11.5 Å². The fourth-order valence-corrected chi connectivity index (χ4v) is 3.54. The molecule has 29 heavy (non-hydrogen) atoms. The molecular formula is C23H28N2O4. The molecule has 0 bridgehead atoms. The lowest BCUT2D eigenvalue weighted by atomic mass is 10.0. The highest BCUT2D eigenvalue weighted by molar-refractivity contribution is 5.94. The van der Waals surface area contributed by atoms with Crippen molar-refractivity contribution in [2.75, 3.05) is 18.2 Å². The molecule has 0 saturated carbocycles. The molecule has 1 heterocycles. The highest BCUT2D eigenvalue weighted by atomic mass is 16.7. The topological polar surface area (TPSA) is 67.9 Å². The average molecular weight is 396 g/mol. The van der Waals surface area contributed by atoms with Gasteiger partial charge in [-0.25, -0.2) is 0 Å². The molecule has 0 fully saturated rings. The van der Waals surface area contributed by atoms with Crippen LogP contribution in [0.1, 0.15) is 43.9 Å². The Morgan fingerprint density at radius 2 is 1.72 bits per heavy atom. The van der Waals surface area contributed by atoms with E-state index in [9.17, 15) is 9.59 Å². The fraction of sp³-hybridized carbons (Fsp3) is 0.391. The van der Waals surface area contributed by atoms with Gasteiger partial charge in [-0.15, -0.1) is 0 Å². The van der Waals surface area contributed by atoms with Crippen molar-refractivity contribution in [2.45, 2.75) is 46.6 Å². The van der Waals surface area contributed by atoms with Crippen LogP contribution in [0, 0.1) is 0 Å². The molecular weight excluding hydrogens is 368 g/mol. The number of fused-ring (bicyclic) bond motifs is 1. The molecule has 0 aromatic heterocycles. The van der Waals surface area contributed by atoms with Gasteiger partial charge >= 0.3 is 0 Å². The fourth-order valence-electron chi connectivity index (χ4n) is 3.54. The first kappa shape index (κ1) is 20.7. The van der Waals surface area contributed by atoms with E-state index >= 15 is 0 Å². The monoisotopic (exact) mass is 396 g/mol.